The Labute approximate surface area is 232 Å². The van der Waals surface area contributed by atoms with Gasteiger partial charge in [0.25, 0.3) is 23.6 Å². The molecule has 0 spiro atoms. The van der Waals surface area contributed by atoms with Crippen LogP contribution < -0.4 is 0 Å². The van der Waals surface area contributed by atoms with Gasteiger partial charge in [0, 0.05) is 64.9 Å². The van der Waals surface area contributed by atoms with Gasteiger partial charge < -0.3 is 0 Å². The molecular weight excluding hydrogens is 557 g/mol. The maximum atomic E-state index is 12.4. The summed E-state index contributed by atoms with van der Waals surface area (Å²) in [7, 11) is 3.00. The fourth-order valence-corrected chi connectivity index (χ4v) is 8.96. The molecule has 38 heavy (non-hydrogen) atoms. The van der Waals surface area contributed by atoms with E-state index < -0.39 is 0 Å². The first-order valence-corrected chi connectivity index (χ1v) is 14.8. The second-order valence-electron chi connectivity index (χ2n) is 9.00. The molecule has 0 atom stereocenters. The number of imide groups is 2. The van der Waals surface area contributed by atoms with Crippen LogP contribution in [0.1, 0.15) is 9.75 Å². The van der Waals surface area contributed by atoms with Crippen LogP contribution in [0, 0.1) is 0 Å². The molecule has 0 aliphatic carbocycles. The second kappa shape index (κ2) is 8.40. The van der Waals surface area contributed by atoms with E-state index in [4.69, 9.17) is 0 Å². The summed E-state index contributed by atoms with van der Waals surface area (Å²) >= 11 is 6.45. The van der Waals surface area contributed by atoms with Gasteiger partial charge in [0.2, 0.25) is 0 Å². The molecule has 186 valence electrons. The number of carbonyl (C=O) groups is 4. The van der Waals surface area contributed by atoms with Crippen LogP contribution in [0.3, 0.4) is 0 Å². The van der Waals surface area contributed by atoms with Crippen molar-refractivity contribution in [3.05, 3.63) is 70.4 Å². The number of carbonyl (C=O) groups excluding carboxylic acids is 4. The van der Waals surface area contributed by atoms with Crippen LogP contribution in [-0.2, 0) is 19.2 Å². The highest BCUT2D eigenvalue weighted by Gasteiger charge is 2.30. The van der Waals surface area contributed by atoms with E-state index in [1.54, 1.807) is 22.7 Å². The summed E-state index contributed by atoms with van der Waals surface area (Å²) in [6.45, 7) is 0. The van der Waals surface area contributed by atoms with E-state index in [0.717, 1.165) is 49.8 Å². The molecule has 10 heteroatoms. The van der Waals surface area contributed by atoms with E-state index in [0.29, 0.717) is 11.1 Å². The van der Waals surface area contributed by atoms with Crippen molar-refractivity contribution in [1.29, 1.82) is 0 Å². The topological polar surface area (TPSA) is 74.8 Å². The van der Waals surface area contributed by atoms with Gasteiger partial charge in [0.05, 0.1) is 11.1 Å². The summed E-state index contributed by atoms with van der Waals surface area (Å²) in [6, 6.07) is 16.6. The summed E-state index contributed by atoms with van der Waals surface area (Å²) in [5.41, 5.74) is 0.902. The molecule has 0 saturated carbocycles. The Morgan fingerprint density at radius 3 is 1.32 bits per heavy atom. The zero-order chi connectivity index (χ0) is 26.3. The average molecular weight is 573 g/mol. The predicted molar refractivity (Wildman–Crippen MR) is 155 cm³/mol. The molecule has 0 unspecified atom stereocenters. The zero-order valence-electron chi connectivity index (χ0n) is 19.9. The number of fused-ring (bicyclic) bond motifs is 2. The van der Waals surface area contributed by atoms with Gasteiger partial charge in [-0.15, -0.1) is 45.3 Å². The number of amides is 4. The van der Waals surface area contributed by atoms with E-state index in [9.17, 15) is 19.2 Å². The van der Waals surface area contributed by atoms with E-state index in [1.807, 2.05) is 24.3 Å². The van der Waals surface area contributed by atoms with Crippen LogP contribution in [0.2, 0.25) is 0 Å². The third-order valence-electron chi connectivity index (χ3n) is 6.65. The van der Waals surface area contributed by atoms with E-state index in [-0.39, 0.29) is 23.6 Å². The van der Waals surface area contributed by atoms with Gasteiger partial charge in [0.1, 0.15) is 0 Å². The van der Waals surface area contributed by atoms with Gasteiger partial charge in [-0.05, 0) is 59.3 Å². The monoisotopic (exact) mass is 572 g/mol. The first-order chi connectivity index (χ1) is 18.3. The van der Waals surface area contributed by atoms with Gasteiger partial charge >= 0.3 is 0 Å². The minimum atomic E-state index is -0.285. The summed E-state index contributed by atoms with van der Waals surface area (Å²) in [6.07, 6.45) is 2.82. The fraction of sp³-hybridized carbons (Fsp3) is 0.0714. The molecule has 5 aromatic rings. The Morgan fingerprint density at radius 2 is 0.921 bits per heavy atom. The lowest BCUT2D eigenvalue weighted by Crippen LogP contribution is -2.25. The Hall–Kier alpha value is -3.70. The smallest absolute Gasteiger partial charge is 0.262 e. The van der Waals surface area contributed by atoms with Crippen LogP contribution in [0.4, 0.5) is 0 Å². The summed E-state index contributed by atoms with van der Waals surface area (Å²) in [5.74, 6) is -1.10. The Balaban J connectivity index is 1.19. The number of nitrogens with zero attached hydrogens (tertiary/aromatic N) is 2. The second-order valence-corrected chi connectivity index (χ2v) is 13.3. The first kappa shape index (κ1) is 23.4. The van der Waals surface area contributed by atoms with Crippen molar-refractivity contribution in [3.63, 3.8) is 0 Å². The lowest BCUT2D eigenvalue weighted by molar-refractivity contribution is -0.136. The molecule has 6 heterocycles. The third kappa shape index (κ3) is 3.56. The highest BCUT2D eigenvalue weighted by atomic mass is 32.1. The number of hydrogen-bond donors (Lipinski definition) is 0. The molecule has 6 nitrogen and oxygen atoms in total. The van der Waals surface area contributed by atoms with E-state index in [1.165, 1.54) is 58.3 Å². The average Bonchev–Trinajstić information content (AvgIpc) is 3.73. The van der Waals surface area contributed by atoms with E-state index >= 15 is 0 Å². The highest BCUT2D eigenvalue weighted by molar-refractivity contribution is 7.28. The van der Waals surface area contributed by atoms with Crippen molar-refractivity contribution in [2.45, 2.75) is 0 Å². The predicted octanol–water partition coefficient (Wildman–Crippen LogP) is 6.34. The molecule has 0 radical (unpaired) electrons. The van der Waals surface area contributed by atoms with Gasteiger partial charge in [-0.2, -0.15) is 0 Å². The fourth-order valence-electron chi connectivity index (χ4n) is 4.53. The van der Waals surface area contributed by atoms with Gasteiger partial charge in [-0.25, -0.2) is 0 Å². The molecule has 0 fully saturated rings. The number of benzene rings is 1. The molecule has 2 aliphatic heterocycles. The quantitative estimate of drug-likeness (QED) is 0.236. The molecule has 7 rings (SSSR count). The van der Waals surface area contributed by atoms with Crippen molar-refractivity contribution in [3.8, 4) is 19.5 Å². The van der Waals surface area contributed by atoms with Crippen molar-refractivity contribution < 1.29 is 19.2 Å². The summed E-state index contributed by atoms with van der Waals surface area (Å²) < 4.78 is 2.36. The highest BCUT2D eigenvalue weighted by Crippen LogP contribution is 2.44. The van der Waals surface area contributed by atoms with Gasteiger partial charge in [0.15, 0.2) is 0 Å². The largest absolute Gasteiger partial charge is 0.278 e. The third-order valence-corrected chi connectivity index (χ3v) is 11.5. The number of rotatable bonds is 4. The Bertz CT molecular complexity index is 1760. The minimum absolute atomic E-state index is 0.263. The molecule has 0 saturated heterocycles. The lowest BCUT2D eigenvalue weighted by Gasteiger charge is -2.05. The summed E-state index contributed by atoms with van der Waals surface area (Å²) in [5, 5.41) is 2.30. The first-order valence-electron chi connectivity index (χ1n) is 11.5. The van der Waals surface area contributed by atoms with Crippen LogP contribution in [0.15, 0.2) is 60.7 Å². The molecule has 4 amide bonds. The minimum Gasteiger partial charge on any atom is -0.278 e. The summed E-state index contributed by atoms with van der Waals surface area (Å²) in [4.78, 5) is 56.7. The standard InChI is InChI=1S/C28H16N2O4S4/c1-29-25(31)10-15(27(29)33)17-3-5-19(35-17)23-8-13-7-14-9-24(38-22(14)12-21(13)37-23)20-6-4-18(36-20)16-11-26(32)30(2)28(16)34/h3-12H,1-2H3. The lowest BCUT2D eigenvalue weighted by atomic mass is 10.2. The number of likely N-dealkylation sites (N-methyl/N-ethyl adjacent to an activating group) is 2. The normalized spacial score (nSPS) is 16.1. The van der Waals surface area contributed by atoms with Crippen LogP contribution in [0.25, 0.3) is 50.8 Å². The molecular formula is C28H16N2O4S4. The molecule has 1 aromatic carbocycles. The zero-order valence-corrected chi connectivity index (χ0v) is 23.2. The van der Waals surface area contributed by atoms with Crippen molar-refractivity contribution in [1.82, 2.24) is 9.80 Å². The van der Waals surface area contributed by atoms with E-state index in [2.05, 4.69) is 24.3 Å². The van der Waals surface area contributed by atoms with Gasteiger partial charge in [-0.3, -0.25) is 29.0 Å². The van der Waals surface area contributed by atoms with Crippen molar-refractivity contribution in [2.75, 3.05) is 14.1 Å². The molecule has 2 aliphatic rings. The van der Waals surface area contributed by atoms with Crippen LogP contribution in [-0.4, -0.2) is 47.5 Å². The number of hydrogen-bond acceptors (Lipinski definition) is 8. The van der Waals surface area contributed by atoms with Crippen molar-refractivity contribution in [2.24, 2.45) is 0 Å². The maximum Gasteiger partial charge on any atom is 0.262 e. The molecule has 0 bridgehead atoms. The Kier molecular flexibility index (Phi) is 5.18. The molecule has 4 aromatic heterocycles. The maximum absolute atomic E-state index is 12.4. The van der Waals surface area contributed by atoms with Crippen molar-refractivity contribution >= 4 is 100 Å². The number of thiophene rings is 4. The molecule has 0 N–H and O–H groups in total. The van der Waals surface area contributed by atoms with Crippen LogP contribution in [0.5, 0.6) is 0 Å². The van der Waals surface area contributed by atoms with Gasteiger partial charge in [-0.1, -0.05) is 0 Å². The van der Waals surface area contributed by atoms with Crippen LogP contribution >= 0.6 is 45.3 Å². The SMILES string of the molecule is CN1C(=O)C=C(c2ccc(-c3cc4cc5cc(-c6ccc(C7=CC(=O)N(C)C7=O)s6)sc5cc4s3)s2)C1=O. The Morgan fingerprint density at radius 1 is 0.500 bits per heavy atom.